The number of aryl methyl sites for hydroxylation is 1. The summed E-state index contributed by atoms with van der Waals surface area (Å²) in [5.74, 6) is -1.03. The van der Waals surface area contributed by atoms with Crippen molar-refractivity contribution in [2.45, 2.75) is 6.92 Å². The van der Waals surface area contributed by atoms with Gasteiger partial charge in [0.25, 0.3) is 0 Å². The number of nitrogen functional groups attached to an aromatic ring is 1. The van der Waals surface area contributed by atoms with Gasteiger partial charge in [-0.3, -0.25) is 4.98 Å². The van der Waals surface area contributed by atoms with Gasteiger partial charge in [0.15, 0.2) is 0 Å². The van der Waals surface area contributed by atoms with E-state index in [-0.39, 0.29) is 5.56 Å². The number of hydrogen-bond acceptors (Lipinski definition) is 4. The van der Waals surface area contributed by atoms with Crippen LogP contribution in [0.4, 0.5) is 17.1 Å². The molecule has 3 aromatic rings. The van der Waals surface area contributed by atoms with Crippen molar-refractivity contribution >= 4 is 33.9 Å². The topological polar surface area (TPSA) is 88.2 Å². The molecule has 4 N–H and O–H groups in total. The minimum Gasteiger partial charge on any atom is -0.478 e. The van der Waals surface area contributed by atoms with Crippen LogP contribution in [0.15, 0.2) is 48.7 Å². The Hall–Kier alpha value is -3.08. The van der Waals surface area contributed by atoms with Gasteiger partial charge < -0.3 is 16.2 Å². The summed E-state index contributed by atoms with van der Waals surface area (Å²) in [4.78, 5) is 15.7. The van der Waals surface area contributed by atoms with E-state index in [4.69, 9.17) is 5.73 Å². The lowest BCUT2D eigenvalue weighted by atomic mass is 10.1. The van der Waals surface area contributed by atoms with Crippen molar-refractivity contribution in [3.63, 3.8) is 0 Å². The predicted octanol–water partition coefficient (Wildman–Crippen LogP) is 3.57. The summed E-state index contributed by atoms with van der Waals surface area (Å²) in [7, 11) is 0. The Balaban J connectivity index is 2.25. The molecule has 3 rings (SSSR count). The number of para-hydroxylation sites is 2. The minimum absolute atomic E-state index is 0.112. The Morgan fingerprint density at radius 3 is 2.68 bits per heavy atom. The second-order valence-corrected chi connectivity index (χ2v) is 5.04. The number of nitrogens with two attached hydrogens (primary N) is 1. The number of anilines is 3. The maximum atomic E-state index is 11.5. The fourth-order valence-electron chi connectivity index (χ4n) is 2.39. The lowest BCUT2D eigenvalue weighted by molar-refractivity contribution is 0.0697. The number of pyridine rings is 1. The van der Waals surface area contributed by atoms with Gasteiger partial charge in [0.2, 0.25) is 0 Å². The third-order valence-electron chi connectivity index (χ3n) is 3.56. The van der Waals surface area contributed by atoms with Gasteiger partial charge >= 0.3 is 5.97 Å². The van der Waals surface area contributed by atoms with Crippen LogP contribution in [-0.4, -0.2) is 16.1 Å². The van der Waals surface area contributed by atoms with Crippen LogP contribution in [0.1, 0.15) is 15.9 Å². The van der Waals surface area contributed by atoms with Gasteiger partial charge in [0, 0.05) is 17.3 Å². The lowest BCUT2D eigenvalue weighted by Gasteiger charge is -2.15. The number of nitrogens with one attached hydrogen (secondary N) is 1. The second-order valence-electron chi connectivity index (χ2n) is 5.04. The molecule has 0 saturated heterocycles. The number of aromatic nitrogens is 1. The number of hydrogen-bond donors (Lipinski definition) is 3. The molecule has 0 unspecified atom stereocenters. The van der Waals surface area contributed by atoms with E-state index in [9.17, 15) is 9.90 Å². The zero-order valence-electron chi connectivity index (χ0n) is 12.0. The fourth-order valence-corrected chi connectivity index (χ4v) is 2.39. The average Bonchev–Trinajstić information content (AvgIpc) is 2.50. The highest BCUT2D eigenvalue weighted by Gasteiger charge is 2.16. The van der Waals surface area contributed by atoms with Crippen molar-refractivity contribution in [2.75, 3.05) is 11.1 Å². The molecule has 0 saturated carbocycles. The molecule has 2 aromatic carbocycles. The monoisotopic (exact) mass is 293 g/mol. The third-order valence-corrected chi connectivity index (χ3v) is 3.56. The van der Waals surface area contributed by atoms with E-state index in [1.54, 1.807) is 12.1 Å². The zero-order chi connectivity index (χ0) is 15.7. The first-order valence-electron chi connectivity index (χ1n) is 6.81. The summed E-state index contributed by atoms with van der Waals surface area (Å²) < 4.78 is 0. The van der Waals surface area contributed by atoms with Gasteiger partial charge in [-0.05, 0) is 24.6 Å². The molecule has 0 fully saturated rings. The van der Waals surface area contributed by atoms with Crippen molar-refractivity contribution in [2.24, 2.45) is 0 Å². The number of fused-ring (bicyclic) bond motifs is 1. The van der Waals surface area contributed by atoms with Gasteiger partial charge in [0.05, 0.1) is 16.9 Å². The number of aromatic carboxylic acids is 1. The van der Waals surface area contributed by atoms with E-state index < -0.39 is 5.97 Å². The molecule has 1 heterocycles. The van der Waals surface area contributed by atoms with Gasteiger partial charge in [-0.2, -0.15) is 0 Å². The van der Waals surface area contributed by atoms with Crippen LogP contribution in [0, 0.1) is 6.92 Å². The molecule has 0 spiro atoms. The summed E-state index contributed by atoms with van der Waals surface area (Å²) in [5, 5.41) is 13.3. The lowest BCUT2D eigenvalue weighted by Crippen LogP contribution is -2.06. The molecule has 0 amide bonds. The van der Waals surface area contributed by atoms with Crippen molar-refractivity contribution in [3.05, 3.63) is 59.8 Å². The van der Waals surface area contributed by atoms with Gasteiger partial charge in [-0.25, -0.2) is 4.79 Å². The van der Waals surface area contributed by atoms with Gasteiger partial charge in [-0.1, -0.05) is 30.3 Å². The van der Waals surface area contributed by atoms with Crippen LogP contribution in [0.3, 0.4) is 0 Å². The van der Waals surface area contributed by atoms with E-state index >= 15 is 0 Å². The number of benzene rings is 2. The minimum atomic E-state index is -1.03. The van der Waals surface area contributed by atoms with Crippen LogP contribution < -0.4 is 11.1 Å². The van der Waals surface area contributed by atoms with Crippen LogP contribution in [-0.2, 0) is 0 Å². The van der Waals surface area contributed by atoms with E-state index in [0.717, 1.165) is 11.3 Å². The first-order chi connectivity index (χ1) is 10.6. The first-order valence-corrected chi connectivity index (χ1v) is 6.81. The molecule has 1 aromatic heterocycles. The van der Waals surface area contributed by atoms with E-state index in [1.807, 2.05) is 37.3 Å². The number of rotatable bonds is 3. The molecule has 0 aliphatic carbocycles. The average molecular weight is 293 g/mol. The molecular weight excluding hydrogens is 278 g/mol. The first kappa shape index (κ1) is 13.9. The Bertz CT molecular complexity index is 875. The number of nitrogens with zero attached hydrogens (tertiary/aromatic N) is 1. The Kier molecular flexibility index (Phi) is 3.39. The summed E-state index contributed by atoms with van der Waals surface area (Å²) >= 11 is 0. The summed E-state index contributed by atoms with van der Waals surface area (Å²) in [6.45, 7) is 1.96. The largest absolute Gasteiger partial charge is 0.478 e. The molecule has 0 bridgehead atoms. The third kappa shape index (κ3) is 2.33. The second kappa shape index (κ2) is 5.37. The number of carbonyl (C=O) groups is 1. The van der Waals surface area contributed by atoms with Gasteiger partial charge in [0.1, 0.15) is 5.56 Å². The highest BCUT2D eigenvalue weighted by molar-refractivity contribution is 6.07. The number of carboxylic acids is 1. The van der Waals surface area contributed by atoms with Crippen LogP contribution in [0.25, 0.3) is 10.9 Å². The van der Waals surface area contributed by atoms with E-state index in [2.05, 4.69) is 10.3 Å². The van der Waals surface area contributed by atoms with E-state index in [0.29, 0.717) is 22.3 Å². The zero-order valence-corrected chi connectivity index (χ0v) is 12.0. The molecule has 0 aliphatic heterocycles. The standard InChI is InChI=1S/C17H15N3O2/c1-10-5-2-3-8-14(10)20-15-11-6-4-7-13(18)16(11)19-9-12(15)17(21)22/h2-9H,18H2,1H3,(H,19,20)(H,21,22). The smallest absolute Gasteiger partial charge is 0.339 e. The maximum Gasteiger partial charge on any atom is 0.339 e. The fraction of sp³-hybridized carbons (Fsp3) is 0.0588. The van der Waals surface area contributed by atoms with Crippen molar-refractivity contribution in [3.8, 4) is 0 Å². The molecular formula is C17H15N3O2. The number of carboxylic acid groups (broad SMARTS) is 1. The molecule has 5 heteroatoms. The molecule has 5 nitrogen and oxygen atoms in total. The Labute approximate surface area is 127 Å². The summed E-state index contributed by atoms with van der Waals surface area (Å²) in [5.41, 5.74) is 9.52. The molecule has 0 aliphatic rings. The normalized spacial score (nSPS) is 10.6. The summed E-state index contributed by atoms with van der Waals surface area (Å²) in [6, 6.07) is 13.0. The maximum absolute atomic E-state index is 11.5. The Morgan fingerprint density at radius 2 is 1.95 bits per heavy atom. The Morgan fingerprint density at radius 1 is 1.18 bits per heavy atom. The summed E-state index contributed by atoms with van der Waals surface area (Å²) in [6.07, 6.45) is 1.33. The highest BCUT2D eigenvalue weighted by atomic mass is 16.4. The van der Waals surface area contributed by atoms with Gasteiger partial charge in [-0.15, -0.1) is 0 Å². The van der Waals surface area contributed by atoms with Crippen LogP contribution in [0.2, 0.25) is 0 Å². The molecule has 22 heavy (non-hydrogen) atoms. The highest BCUT2D eigenvalue weighted by Crippen LogP contribution is 2.32. The van der Waals surface area contributed by atoms with E-state index in [1.165, 1.54) is 6.20 Å². The SMILES string of the molecule is Cc1ccccc1Nc1c(C(=O)O)cnc2c(N)cccc12. The van der Waals surface area contributed by atoms with Crippen molar-refractivity contribution in [1.82, 2.24) is 4.98 Å². The van der Waals surface area contributed by atoms with Crippen molar-refractivity contribution < 1.29 is 9.90 Å². The van der Waals surface area contributed by atoms with Crippen molar-refractivity contribution in [1.29, 1.82) is 0 Å². The predicted molar refractivity (Wildman–Crippen MR) is 87.6 cm³/mol. The molecule has 110 valence electrons. The molecule has 0 radical (unpaired) electrons. The quantitative estimate of drug-likeness (QED) is 0.642. The van der Waals surface area contributed by atoms with Crippen LogP contribution >= 0.6 is 0 Å². The van der Waals surface area contributed by atoms with Crippen LogP contribution in [0.5, 0.6) is 0 Å². The molecule has 0 atom stereocenters.